The maximum absolute atomic E-state index is 11.6. The average molecular weight is 294 g/mol. The van der Waals surface area contributed by atoms with E-state index < -0.39 is 17.9 Å². The zero-order valence-electron chi connectivity index (χ0n) is 12.4. The van der Waals surface area contributed by atoms with Crippen LogP contribution >= 0.6 is 0 Å². The summed E-state index contributed by atoms with van der Waals surface area (Å²) in [6, 6.07) is 6.81. The Morgan fingerprint density at radius 2 is 1.90 bits per heavy atom. The molecule has 1 atom stereocenters. The van der Waals surface area contributed by atoms with Gasteiger partial charge < -0.3 is 20.5 Å². The zero-order valence-corrected chi connectivity index (χ0v) is 12.4. The van der Waals surface area contributed by atoms with Gasteiger partial charge >= 0.3 is 11.8 Å². The molecule has 0 saturated heterocycles. The minimum Gasteiger partial charge on any atom is -0.494 e. The summed E-state index contributed by atoms with van der Waals surface area (Å²) in [6.07, 6.45) is 1.36. The number of hydrogen-bond donors (Lipinski definition) is 3. The second-order valence-corrected chi connectivity index (χ2v) is 4.74. The lowest BCUT2D eigenvalue weighted by molar-refractivity contribution is -0.136. The predicted molar refractivity (Wildman–Crippen MR) is 80.2 cm³/mol. The Hall–Kier alpha value is -2.08. The summed E-state index contributed by atoms with van der Waals surface area (Å²) >= 11 is 0. The molecule has 2 amide bonds. The number of unbranched alkanes of at least 4 members (excludes halogenated alkanes) is 1. The van der Waals surface area contributed by atoms with Crippen LogP contribution in [0.1, 0.15) is 26.7 Å². The number of aliphatic hydroxyl groups is 1. The Kier molecular flexibility index (Phi) is 7.25. The molecule has 0 bridgehead atoms. The Morgan fingerprint density at radius 1 is 1.24 bits per heavy atom. The Labute approximate surface area is 124 Å². The molecule has 3 N–H and O–H groups in total. The third kappa shape index (κ3) is 6.76. The molecule has 1 aromatic rings. The van der Waals surface area contributed by atoms with Crippen LogP contribution in [0.25, 0.3) is 0 Å². The van der Waals surface area contributed by atoms with Crippen molar-refractivity contribution in [3.63, 3.8) is 0 Å². The van der Waals surface area contributed by atoms with Gasteiger partial charge in [-0.3, -0.25) is 9.59 Å². The molecule has 6 heteroatoms. The normalized spacial score (nSPS) is 11.6. The molecule has 0 aliphatic carbocycles. The van der Waals surface area contributed by atoms with E-state index in [-0.39, 0.29) is 6.54 Å². The van der Waals surface area contributed by atoms with Gasteiger partial charge in [0.05, 0.1) is 12.7 Å². The van der Waals surface area contributed by atoms with E-state index in [0.717, 1.165) is 18.6 Å². The maximum atomic E-state index is 11.6. The van der Waals surface area contributed by atoms with E-state index in [1.165, 1.54) is 6.92 Å². The van der Waals surface area contributed by atoms with Crippen LogP contribution in [0.15, 0.2) is 24.3 Å². The summed E-state index contributed by atoms with van der Waals surface area (Å²) in [5, 5.41) is 13.8. The number of amides is 2. The maximum Gasteiger partial charge on any atom is 0.313 e. The van der Waals surface area contributed by atoms with Crippen molar-refractivity contribution in [1.82, 2.24) is 5.32 Å². The number of aliphatic hydroxyl groups excluding tert-OH is 1. The first-order chi connectivity index (χ1) is 10.0. The summed E-state index contributed by atoms with van der Waals surface area (Å²) in [5.41, 5.74) is 0.509. The van der Waals surface area contributed by atoms with E-state index in [9.17, 15) is 9.59 Å². The quantitative estimate of drug-likeness (QED) is 0.522. The van der Waals surface area contributed by atoms with Crippen LogP contribution < -0.4 is 15.4 Å². The fourth-order valence-electron chi connectivity index (χ4n) is 1.48. The van der Waals surface area contributed by atoms with E-state index in [1.807, 2.05) is 0 Å². The Bertz CT molecular complexity index is 457. The van der Waals surface area contributed by atoms with Crippen LogP contribution in [-0.4, -0.2) is 36.2 Å². The summed E-state index contributed by atoms with van der Waals surface area (Å²) < 4.78 is 5.50. The van der Waals surface area contributed by atoms with Gasteiger partial charge in [0.25, 0.3) is 0 Å². The summed E-state index contributed by atoms with van der Waals surface area (Å²) in [7, 11) is 0. The number of rotatable bonds is 7. The molecule has 0 fully saturated rings. The fourth-order valence-corrected chi connectivity index (χ4v) is 1.48. The molecule has 0 aliphatic heterocycles. The molecule has 1 aromatic carbocycles. The summed E-state index contributed by atoms with van der Waals surface area (Å²) in [5.74, 6) is -0.825. The lowest BCUT2D eigenvalue weighted by Gasteiger charge is -2.09. The fraction of sp³-hybridized carbons (Fsp3) is 0.467. The number of benzene rings is 1. The molecule has 0 unspecified atom stereocenters. The Morgan fingerprint density at radius 3 is 2.48 bits per heavy atom. The monoisotopic (exact) mass is 294 g/mol. The smallest absolute Gasteiger partial charge is 0.313 e. The lowest BCUT2D eigenvalue weighted by atomic mass is 10.3. The minimum atomic E-state index is -0.779. The van der Waals surface area contributed by atoms with Gasteiger partial charge in [-0.1, -0.05) is 13.3 Å². The molecular weight excluding hydrogens is 272 g/mol. The highest BCUT2D eigenvalue weighted by atomic mass is 16.5. The minimum absolute atomic E-state index is 0.0382. The van der Waals surface area contributed by atoms with E-state index in [0.29, 0.717) is 12.3 Å². The predicted octanol–water partition coefficient (Wildman–Crippen LogP) is 1.30. The van der Waals surface area contributed by atoms with E-state index >= 15 is 0 Å². The largest absolute Gasteiger partial charge is 0.494 e. The van der Waals surface area contributed by atoms with Gasteiger partial charge in [0.15, 0.2) is 0 Å². The third-order valence-electron chi connectivity index (χ3n) is 2.64. The Balaban J connectivity index is 2.43. The van der Waals surface area contributed by atoms with Crippen molar-refractivity contribution in [2.45, 2.75) is 32.8 Å². The second-order valence-electron chi connectivity index (χ2n) is 4.74. The highest BCUT2D eigenvalue weighted by molar-refractivity contribution is 6.39. The molecule has 0 spiro atoms. The lowest BCUT2D eigenvalue weighted by Crippen LogP contribution is -2.38. The SMILES string of the molecule is CCCCOc1ccc(NC(=O)C(=O)NC[C@H](C)O)cc1. The van der Waals surface area contributed by atoms with Crippen LogP contribution in [0.3, 0.4) is 0 Å². The van der Waals surface area contributed by atoms with Gasteiger partial charge in [-0.25, -0.2) is 0 Å². The van der Waals surface area contributed by atoms with Crippen molar-refractivity contribution < 1.29 is 19.4 Å². The van der Waals surface area contributed by atoms with Crippen molar-refractivity contribution in [2.24, 2.45) is 0 Å². The van der Waals surface area contributed by atoms with Crippen LogP contribution in [0.2, 0.25) is 0 Å². The summed E-state index contributed by atoms with van der Waals surface area (Å²) in [6.45, 7) is 4.31. The van der Waals surface area contributed by atoms with Crippen LogP contribution in [0.4, 0.5) is 5.69 Å². The average Bonchev–Trinajstić information content (AvgIpc) is 2.46. The van der Waals surface area contributed by atoms with Crippen molar-refractivity contribution in [2.75, 3.05) is 18.5 Å². The first kappa shape index (κ1) is 17.0. The van der Waals surface area contributed by atoms with Crippen molar-refractivity contribution in [3.05, 3.63) is 24.3 Å². The molecule has 0 aromatic heterocycles. The standard InChI is InChI=1S/C15H22N2O4/c1-3-4-9-21-13-7-5-12(6-8-13)17-15(20)14(19)16-10-11(2)18/h5-8,11,18H,3-4,9-10H2,1-2H3,(H,16,19)(H,17,20)/t11-/m0/s1. The van der Waals surface area contributed by atoms with Gasteiger partial charge in [-0.2, -0.15) is 0 Å². The molecule has 21 heavy (non-hydrogen) atoms. The van der Waals surface area contributed by atoms with E-state index in [2.05, 4.69) is 17.6 Å². The number of nitrogens with one attached hydrogen (secondary N) is 2. The van der Waals surface area contributed by atoms with Crippen LogP contribution in [-0.2, 0) is 9.59 Å². The van der Waals surface area contributed by atoms with Gasteiger partial charge in [0, 0.05) is 12.2 Å². The van der Waals surface area contributed by atoms with Crippen molar-refractivity contribution in [1.29, 1.82) is 0 Å². The highest BCUT2D eigenvalue weighted by Crippen LogP contribution is 2.15. The van der Waals surface area contributed by atoms with Gasteiger partial charge in [0.2, 0.25) is 0 Å². The molecular formula is C15H22N2O4. The number of hydrogen-bond acceptors (Lipinski definition) is 4. The number of carbonyl (C=O) groups is 2. The van der Waals surface area contributed by atoms with Crippen LogP contribution in [0.5, 0.6) is 5.75 Å². The van der Waals surface area contributed by atoms with Crippen LogP contribution in [0, 0.1) is 0 Å². The molecule has 0 aliphatic rings. The van der Waals surface area contributed by atoms with Gasteiger partial charge in [0.1, 0.15) is 5.75 Å². The van der Waals surface area contributed by atoms with Gasteiger partial charge in [-0.05, 0) is 37.6 Å². The second kappa shape index (κ2) is 8.97. The number of carbonyl (C=O) groups excluding carboxylic acids is 2. The van der Waals surface area contributed by atoms with E-state index in [4.69, 9.17) is 9.84 Å². The molecule has 0 heterocycles. The molecule has 1 rings (SSSR count). The first-order valence-corrected chi connectivity index (χ1v) is 7.03. The topological polar surface area (TPSA) is 87.7 Å². The third-order valence-corrected chi connectivity index (χ3v) is 2.64. The molecule has 0 radical (unpaired) electrons. The van der Waals surface area contributed by atoms with Gasteiger partial charge in [-0.15, -0.1) is 0 Å². The van der Waals surface area contributed by atoms with E-state index in [1.54, 1.807) is 24.3 Å². The van der Waals surface area contributed by atoms with Crippen molar-refractivity contribution >= 4 is 17.5 Å². The number of ether oxygens (including phenoxy) is 1. The molecule has 116 valence electrons. The highest BCUT2D eigenvalue weighted by Gasteiger charge is 2.13. The number of anilines is 1. The summed E-state index contributed by atoms with van der Waals surface area (Å²) in [4.78, 5) is 23.0. The van der Waals surface area contributed by atoms with Crippen molar-refractivity contribution in [3.8, 4) is 5.75 Å². The molecule has 6 nitrogen and oxygen atoms in total. The first-order valence-electron chi connectivity index (χ1n) is 7.03. The molecule has 0 saturated carbocycles. The zero-order chi connectivity index (χ0) is 15.7.